The zero-order valence-corrected chi connectivity index (χ0v) is 10.5. The van der Waals surface area contributed by atoms with Gasteiger partial charge in [-0.2, -0.15) is 5.10 Å². The molecule has 0 radical (unpaired) electrons. The summed E-state index contributed by atoms with van der Waals surface area (Å²) in [6.07, 6.45) is 2.06. The van der Waals surface area contributed by atoms with Crippen LogP contribution in [0.25, 0.3) is 0 Å². The molecule has 1 aromatic rings. The van der Waals surface area contributed by atoms with Crippen LogP contribution in [-0.2, 0) is 12.8 Å². The summed E-state index contributed by atoms with van der Waals surface area (Å²) in [7, 11) is 2.00. The first-order chi connectivity index (χ1) is 7.13. The zero-order valence-electron chi connectivity index (χ0n) is 10.5. The summed E-state index contributed by atoms with van der Waals surface area (Å²) < 4.78 is 2.17. The highest BCUT2D eigenvalue weighted by molar-refractivity contribution is 5.11. The topological polar surface area (TPSA) is 29.9 Å². The summed E-state index contributed by atoms with van der Waals surface area (Å²) in [4.78, 5) is 0. The monoisotopic (exact) mass is 209 g/mol. The van der Waals surface area contributed by atoms with Gasteiger partial charge in [0.15, 0.2) is 0 Å². The molecule has 3 heteroatoms. The molecule has 2 unspecified atom stereocenters. The van der Waals surface area contributed by atoms with Crippen LogP contribution < -0.4 is 5.32 Å². The van der Waals surface area contributed by atoms with Crippen molar-refractivity contribution in [3.05, 3.63) is 17.5 Å². The van der Waals surface area contributed by atoms with Crippen molar-refractivity contribution >= 4 is 0 Å². The number of hydrogen-bond donors (Lipinski definition) is 1. The van der Waals surface area contributed by atoms with Crippen molar-refractivity contribution < 1.29 is 0 Å². The van der Waals surface area contributed by atoms with E-state index in [0.717, 1.165) is 12.8 Å². The van der Waals surface area contributed by atoms with Crippen molar-refractivity contribution in [3.63, 3.8) is 0 Å². The lowest BCUT2D eigenvalue weighted by Gasteiger charge is -2.21. The Hall–Kier alpha value is -0.830. The molecule has 0 bridgehead atoms. The van der Waals surface area contributed by atoms with Crippen LogP contribution in [0.2, 0.25) is 0 Å². The fourth-order valence-corrected chi connectivity index (χ4v) is 1.73. The molecule has 0 saturated carbocycles. The van der Waals surface area contributed by atoms with Gasteiger partial charge in [-0.05, 0) is 39.8 Å². The molecule has 0 aliphatic heterocycles. The van der Waals surface area contributed by atoms with Gasteiger partial charge in [-0.1, -0.05) is 13.8 Å². The van der Waals surface area contributed by atoms with E-state index in [9.17, 15) is 0 Å². The van der Waals surface area contributed by atoms with Crippen LogP contribution >= 0.6 is 0 Å². The third-order valence-electron chi connectivity index (χ3n) is 3.15. The van der Waals surface area contributed by atoms with Crippen LogP contribution in [0.3, 0.4) is 0 Å². The van der Waals surface area contributed by atoms with E-state index in [0.29, 0.717) is 12.1 Å². The minimum atomic E-state index is 0.408. The second-order valence-corrected chi connectivity index (χ2v) is 4.10. The Balaban J connectivity index is 2.95. The molecule has 0 amide bonds. The zero-order chi connectivity index (χ0) is 11.4. The molecule has 0 aliphatic rings. The van der Waals surface area contributed by atoms with Gasteiger partial charge in [0.1, 0.15) is 0 Å². The van der Waals surface area contributed by atoms with Gasteiger partial charge in [0.2, 0.25) is 0 Å². The van der Waals surface area contributed by atoms with Gasteiger partial charge in [0.25, 0.3) is 0 Å². The summed E-state index contributed by atoms with van der Waals surface area (Å²) >= 11 is 0. The van der Waals surface area contributed by atoms with Crippen molar-refractivity contribution in [2.24, 2.45) is 0 Å². The Kier molecular flexibility index (Phi) is 4.33. The summed E-state index contributed by atoms with van der Waals surface area (Å²) in [5, 5.41) is 7.93. The number of hydrogen-bond acceptors (Lipinski definition) is 2. The quantitative estimate of drug-likeness (QED) is 0.805. The third-order valence-corrected chi connectivity index (χ3v) is 3.15. The van der Waals surface area contributed by atoms with Crippen LogP contribution in [0.15, 0.2) is 6.07 Å². The van der Waals surface area contributed by atoms with Crippen molar-refractivity contribution in [1.29, 1.82) is 0 Å². The minimum Gasteiger partial charge on any atom is -0.315 e. The molecule has 2 atom stereocenters. The summed E-state index contributed by atoms with van der Waals surface area (Å²) in [5.74, 6) is 0. The fourth-order valence-electron chi connectivity index (χ4n) is 1.73. The Morgan fingerprint density at radius 3 is 2.47 bits per heavy atom. The van der Waals surface area contributed by atoms with Gasteiger partial charge < -0.3 is 5.32 Å². The van der Waals surface area contributed by atoms with Gasteiger partial charge in [-0.3, -0.25) is 4.68 Å². The number of rotatable bonds is 5. The number of aromatic nitrogens is 2. The minimum absolute atomic E-state index is 0.408. The van der Waals surface area contributed by atoms with Gasteiger partial charge in [0, 0.05) is 11.7 Å². The fraction of sp³-hybridized carbons (Fsp3) is 0.750. The van der Waals surface area contributed by atoms with E-state index in [1.807, 2.05) is 7.05 Å². The van der Waals surface area contributed by atoms with Crippen LogP contribution in [-0.4, -0.2) is 22.9 Å². The summed E-state index contributed by atoms with van der Waals surface area (Å²) in [5.41, 5.74) is 2.53. The molecule has 15 heavy (non-hydrogen) atoms. The van der Waals surface area contributed by atoms with Crippen LogP contribution in [0.1, 0.15) is 45.1 Å². The van der Waals surface area contributed by atoms with Gasteiger partial charge in [-0.15, -0.1) is 0 Å². The molecule has 0 fully saturated rings. The highest BCUT2D eigenvalue weighted by Gasteiger charge is 2.16. The Labute approximate surface area is 92.9 Å². The number of aryl methyl sites for hydroxylation is 2. The third kappa shape index (κ3) is 2.59. The highest BCUT2D eigenvalue weighted by Crippen LogP contribution is 2.15. The number of nitrogens with zero attached hydrogens (tertiary/aromatic N) is 2. The molecule has 1 aromatic heterocycles. The average Bonchev–Trinajstić information content (AvgIpc) is 2.69. The van der Waals surface area contributed by atoms with E-state index in [1.54, 1.807) is 0 Å². The molecular formula is C12H23N3. The first-order valence-electron chi connectivity index (χ1n) is 5.88. The molecule has 86 valence electrons. The lowest BCUT2D eigenvalue weighted by molar-refractivity contribution is 0.374. The molecule has 0 saturated heterocycles. The second-order valence-electron chi connectivity index (χ2n) is 4.10. The Morgan fingerprint density at radius 1 is 1.33 bits per heavy atom. The molecule has 1 rings (SSSR count). The van der Waals surface area contributed by atoms with Crippen molar-refractivity contribution in [2.75, 3.05) is 7.05 Å². The second kappa shape index (κ2) is 5.31. The molecule has 3 nitrogen and oxygen atoms in total. The maximum absolute atomic E-state index is 4.65. The summed E-state index contributed by atoms with van der Waals surface area (Å²) in [6, 6.07) is 3.07. The van der Waals surface area contributed by atoms with Gasteiger partial charge in [0.05, 0.1) is 11.7 Å². The SMILES string of the molecule is CCc1cc(CC)n(C(C)C(C)NC)n1. The number of likely N-dealkylation sites (N-methyl/N-ethyl adjacent to an activating group) is 1. The van der Waals surface area contributed by atoms with Crippen molar-refractivity contribution in [2.45, 2.75) is 52.6 Å². The molecular weight excluding hydrogens is 186 g/mol. The predicted octanol–water partition coefficient (Wildman–Crippen LogP) is 2.18. The van der Waals surface area contributed by atoms with E-state index in [-0.39, 0.29) is 0 Å². The summed E-state index contributed by atoms with van der Waals surface area (Å²) in [6.45, 7) is 8.74. The van der Waals surface area contributed by atoms with E-state index >= 15 is 0 Å². The maximum atomic E-state index is 4.65. The molecule has 1 heterocycles. The lowest BCUT2D eigenvalue weighted by Crippen LogP contribution is -2.32. The first-order valence-corrected chi connectivity index (χ1v) is 5.88. The van der Waals surface area contributed by atoms with Gasteiger partial charge >= 0.3 is 0 Å². The molecule has 1 N–H and O–H groups in total. The average molecular weight is 209 g/mol. The van der Waals surface area contributed by atoms with E-state index < -0.39 is 0 Å². The van der Waals surface area contributed by atoms with Crippen LogP contribution in [0.5, 0.6) is 0 Å². The largest absolute Gasteiger partial charge is 0.315 e. The van der Waals surface area contributed by atoms with E-state index in [2.05, 4.69) is 48.9 Å². The van der Waals surface area contributed by atoms with Crippen molar-refractivity contribution in [1.82, 2.24) is 15.1 Å². The van der Waals surface area contributed by atoms with Crippen LogP contribution in [0.4, 0.5) is 0 Å². The van der Waals surface area contributed by atoms with E-state index in [1.165, 1.54) is 11.4 Å². The molecule has 0 aliphatic carbocycles. The van der Waals surface area contributed by atoms with Crippen molar-refractivity contribution in [3.8, 4) is 0 Å². The predicted molar refractivity (Wildman–Crippen MR) is 64.2 cm³/mol. The Bertz CT molecular complexity index is 304. The normalized spacial score (nSPS) is 15.3. The van der Waals surface area contributed by atoms with Crippen LogP contribution in [0, 0.1) is 0 Å². The highest BCUT2D eigenvalue weighted by atomic mass is 15.3. The van der Waals surface area contributed by atoms with Gasteiger partial charge in [-0.25, -0.2) is 0 Å². The standard InChI is InChI=1S/C12H23N3/c1-6-11-8-12(7-2)15(14-11)10(4)9(3)13-5/h8-10,13H,6-7H2,1-5H3. The molecule has 0 spiro atoms. The smallest absolute Gasteiger partial charge is 0.0644 e. The lowest BCUT2D eigenvalue weighted by atomic mass is 10.1. The Morgan fingerprint density at radius 2 is 2.00 bits per heavy atom. The first kappa shape index (κ1) is 12.2. The maximum Gasteiger partial charge on any atom is 0.0644 e. The molecule has 0 aromatic carbocycles. The van der Waals surface area contributed by atoms with E-state index in [4.69, 9.17) is 0 Å². The number of nitrogens with one attached hydrogen (secondary N) is 1.